The smallest absolute Gasteiger partial charge is 0.277 e. The Kier molecular flexibility index (Phi) is 7.56. The molecule has 2 N–H and O–H groups in total. The third-order valence-corrected chi connectivity index (χ3v) is 3.70. The molecule has 148 valence electrons. The van der Waals surface area contributed by atoms with Gasteiger partial charge in [0.25, 0.3) is 5.91 Å². The number of carbonyl (C=O) groups is 2. The van der Waals surface area contributed by atoms with Crippen molar-refractivity contribution in [2.45, 2.75) is 27.2 Å². The van der Waals surface area contributed by atoms with Crippen LogP contribution in [0.5, 0.6) is 11.5 Å². The summed E-state index contributed by atoms with van der Waals surface area (Å²) in [7, 11) is 1.56. The highest BCUT2D eigenvalue weighted by Gasteiger charge is 2.07. The lowest BCUT2D eigenvalue weighted by Crippen LogP contribution is -2.26. The molecule has 0 fully saturated rings. The zero-order valence-corrected chi connectivity index (χ0v) is 16.5. The van der Waals surface area contributed by atoms with E-state index in [0.717, 1.165) is 16.8 Å². The second-order valence-electron chi connectivity index (χ2n) is 6.45. The van der Waals surface area contributed by atoms with E-state index in [-0.39, 0.29) is 18.9 Å². The number of nitrogens with zero attached hydrogens (tertiary/aromatic N) is 1. The molecule has 0 heterocycles. The predicted octanol–water partition coefficient (Wildman–Crippen LogP) is 3.21. The van der Waals surface area contributed by atoms with Gasteiger partial charge in [-0.1, -0.05) is 12.1 Å². The lowest BCUT2D eigenvalue weighted by Gasteiger charge is -2.08. The summed E-state index contributed by atoms with van der Waals surface area (Å²) < 4.78 is 10.5. The van der Waals surface area contributed by atoms with Crippen LogP contribution in [0, 0.1) is 13.8 Å². The van der Waals surface area contributed by atoms with Crippen LogP contribution in [0.25, 0.3) is 0 Å². The van der Waals surface area contributed by atoms with E-state index in [0.29, 0.717) is 17.2 Å². The first kappa shape index (κ1) is 21.0. The van der Waals surface area contributed by atoms with Crippen LogP contribution in [0.4, 0.5) is 5.69 Å². The molecule has 0 spiro atoms. The van der Waals surface area contributed by atoms with Crippen LogP contribution in [0.3, 0.4) is 0 Å². The minimum atomic E-state index is -0.420. The van der Waals surface area contributed by atoms with Gasteiger partial charge in [-0.3, -0.25) is 9.59 Å². The van der Waals surface area contributed by atoms with E-state index >= 15 is 0 Å². The molecule has 0 bridgehead atoms. The fraction of sp³-hybridized carbons (Fsp3) is 0.286. The molecule has 0 saturated heterocycles. The van der Waals surface area contributed by atoms with Gasteiger partial charge in [-0.2, -0.15) is 5.10 Å². The van der Waals surface area contributed by atoms with Crippen LogP contribution in [0.1, 0.15) is 24.5 Å². The summed E-state index contributed by atoms with van der Waals surface area (Å²) >= 11 is 0. The molecule has 0 saturated carbocycles. The molecule has 0 aromatic heterocycles. The molecule has 0 atom stereocenters. The van der Waals surface area contributed by atoms with Crippen molar-refractivity contribution in [2.24, 2.45) is 5.10 Å². The van der Waals surface area contributed by atoms with Crippen LogP contribution < -0.4 is 20.2 Å². The summed E-state index contributed by atoms with van der Waals surface area (Å²) in [6, 6.07) is 12.8. The first-order valence-corrected chi connectivity index (χ1v) is 8.82. The fourth-order valence-electron chi connectivity index (χ4n) is 2.55. The van der Waals surface area contributed by atoms with Crippen molar-refractivity contribution in [3.05, 3.63) is 53.6 Å². The van der Waals surface area contributed by atoms with Gasteiger partial charge in [-0.05, 0) is 56.2 Å². The van der Waals surface area contributed by atoms with Crippen molar-refractivity contribution in [3.63, 3.8) is 0 Å². The van der Waals surface area contributed by atoms with Gasteiger partial charge in [0.1, 0.15) is 11.5 Å². The SMILES string of the molecule is COc1cccc(OCC(=O)NN=C(C)CC(=O)Nc2cc(C)cc(C)c2)c1. The zero-order chi connectivity index (χ0) is 20.5. The van der Waals surface area contributed by atoms with Crippen LogP contribution in [0.2, 0.25) is 0 Å². The quantitative estimate of drug-likeness (QED) is 0.541. The number of rotatable bonds is 8. The first-order valence-electron chi connectivity index (χ1n) is 8.82. The summed E-state index contributed by atoms with van der Waals surface area (Å²) in [6.07, 6.45) is 0.0734. The third-order valence-electron chi connectivity index (χ3n) is 3.70. The fourth-order valence-corrected chi connectivity index (χ4v) is 2.55. The average molecular weight is 383 g/mol. The molecule has 0 aliphatic heterocycles. The van der Waals surface area contributed by atoms with E-state index in [4.69, 9.17) is 9.47 Å². The Labute approximate surface area is 164 Å². The average Bonchev–Trinajstić information content (AvgIpc) is 2.64. The van der Waals surface area contributed by atoms with Crippen LogP contribution in [-0.2, 0) is 9.59 Å². The highest BCUT2D eigenvalue weighted by atomic mass is 16.5. The molecule has 2 amide bonds. The van der Waals surface area contributed by atoms with Crippen LogP contribution in [-0.4, -0.2) is 31.2 Å². The third kappa shape index (κ3) is 7.11. The molecule has 2 aromatic rings. The van der Waals surface area contributed by atoms with Crippen molar-refractivity contribution in [1.82, 2.24) is 5.43 Å². The number of hydrazone groups is 1. The zero-order valence-electron chi connectivity index (χ0n) is 16.5. The summed E-state index contributed by atoms with van der Waals surface area (Å²) in [5, 5.41) is 6.77. The van der Waals surface area contributed by atoms with Gasteiger partial charge in [-0.15, -0.1) is 0 Å². The molecule has 0 radical (unpaired) electrons. The Morgan fingerprint density at radius 1 is 1.00 bits per heavy atom. The van der Waals surface area contributed by atoms with Gasteiger partial charge in [0.05, 0.1) is 13.5 Å². The summed E-state index contributed by atoms with van der Waals surface area (Å²) in [6.45, 7) is 5.42. The van der Waals surface area contributed by atoms with Crippen molar-refractivity contribution < 1.29 is 19.1 Å². The topological polar surface area (TPSA) is 89.0 Å². The van der Waals surface area contributed by atoms with E-state index < -0.39 is 5.91 Å². The number of anilines is 1. The van der Waals surface area contributed by atoms with Crippen molar-refractivity contribution in [3.8, 4) is 11.5 Å². The number of amides is 2. The predicted molar refractivity (Wildman–Crippen MR) is 109 cm³/mol. The lowest BCUT2D eigenvalue weighted by molar-refractivity contribution is -0.123. The molecule has 7 nitrogen and oxygen atoms in total. The number of aryl methyl sites for hydroxylation is 2. The number of benzene rings is 2. The molecule has 2 aromatic carbocycles. The Balaban J connectivity index is 1.79. The minimum Gasteiger partial charge on any atom is -0.497 e. The number of carbonyl (C=O) groups excluding carboxylic acids is 2. The van der Waals surface area contributed by atoms with Gasteiger partial charge in [0.15, 0.2) is 6.61 Å². The highest BCUT2D eigenvalue weighted by molar-refractivity contribution is 6.05. The largest absolute Gasteiger partial charge is 0.497 e. The van der Waals surface area contributed by atoms with Gasteiger partial charge in [0.2, 0.25) is 5.91 Å². The number of ether oxygens (including phenoxy) is 2. The minimum absolute atomic E-state index is 0.0734. The summed E-state index contributed by atoms with van der Waals surface area (Å²) in [4.78, 5) is 24.0. The molecule has 0 aliphatic carbocycles. The van der Waals surface area contributed by atoms with Crippen LogP contribution >= 0.6 is 0 Å². The lowest BCUT2D eigenvalue weighted by atomic mass is 10.1. The van der Waals surface area contributed by atoms with Crippen molar-refractivity contribution in [2.75, 3.05) is 19.0 Å². The van der Waals surface area contributed by atoms with E-state index in [1.165, 1.54) is 0 Å². The van der Waals surface area contributed by atoms with E-state index in [1.807, 2.05) is 32.0 Å². The Morgan fingerprint density at radius 2 is 1.68 bits per heavy atom. The van der Waals surface area contributed by atoms with E-state index in [9.17, 15) is 9.59 Å². The van der Waals surface area contributed by atoms with E-state index in [1.54, 1.807) is 38.3 Å². The molecule has 2 rings (SSSR count). The molecule has 0 aliphatic rings. The number of hydrogen-bond acceptors (Lipinski definition) is 5. The molecule has 7 heteroatoms. The Bertz CT molecular complexity index is 857. The molecular weight excluding hydrogens is 358 g/mol. The summed E-state index contributed by atoms with van der Waals surface area (Å²) in [5.41, 5.74) is 5.75. The standard InChI is InChI=1S/C21H25N3O4/c1-14-8-15(2)10-17(9-14)22-20(25)11-16(3)23-24-21(26)13-28-19-7-5-6-18(12-19)27-4/h5-10,12H,11,13H2,1-4H3,(H,22,25)(H,24,26). The van der Waals surface area contributed by atoms with Crippen molar-refractivity contribution >= 4 is 23.2 Å². The molecule has 28 heavy (non-hydrogen) atoms. The monoisotopic (exact) mass is 383 g/mol. The van der Waals surface area contributed by atoms with Gasteiger partial charge >= 0.3 is 0 Å². The Morgan fingerprint density at radius 3 is 2.36 bits per heavy atom. The number of methoxy groups -OCH3 is 1. The Hall–Kier alpha value is -3.35. The summed E-state index contributed by atoms with van der Waals surface area (Å²) in [5.74, 6) is 0.537. The maximum Gasteiger partial charge on any atom is 0.277 e. The second-order valence-corrected chi connectivity index (χ2v) is 6.45. The second kappa shape index (κ2) is 10.1. The highest BCUT2D eigenvalue weighted by Crippen LogP contribution is 2.18. The maximum atomic E-state index is 12.1. The maximum absolute atomic E-state index is 12.1. The van der Waals surface area contributed by atoms with Crippen LogP contribution in [0.15, 0.2) is 47.6 Å². The number of nitrogens with one attached hydrogen (secondary N) is 2. The normalized spacial score (nSPS) is 10.9. The first-order chi connectivity index (χ1) is 13.4. The molecular formula is C21H25N3O4. The van der Waals surface area contributed by atoms with Gasteiger partial charge in [0, 0.05) is 17.5 Å². The van der Waals surface area contributed by atoms with Gasteiger partial charge < -0.3 is 14.8 Å². The van der Waals surface area contributed by atoms with Crippen molar-refractivity contribution in [1.29, 1.82) is 0 Å². The van der Waals surface area contributed by atoms with E-state index in [2.05, 4.69) is 15.8 Å². The van der Waals surface area contributed by atoms with Gasteiger partial charge in [-0.25, -0.2) is 5.43 Å². The molecule has 0 unspecified atom stereocenters. The number of hydrogen-bond donors (Lipinski definition) is 2.